The van der Waals surface area contributed by atoms with E-state index in [1.54, 1.807) is 48.8 Å². The number of pyridine rings is 2. The second-order valence-corrected chi connectivity index (χ2v) is 6.33. The van der Waals surface area contributed by atoms with Gasteiger partial charge >= 0.3 is 0 Å². The van der Waals surface area contributed by atoms with Gasteiger partial charge in [-0.05, 0) is 60.2 Å². The van der Waals surface area contributed by atoms with Crippen LogP contribution in [0.3, 0.4) is 0 Å². The zero-order valence-electron chi connectivity index (χ0n) is 15.4. The van der Waals surface area contributed by atoms with Gasteiger partial charge in [0.05, 0.1) is 17.1 Å². The molecule has 2 heterocycles. The molecule has 0 saturated heterocycles. The van der Waals surface area contributed by atoms with Crippen LogP contribution in [0.4, 0.5) is 0 Å². The van der Waals surface area contributed by atoms with E-state index in [-0.39, 0.29) is 5.91 Å². The second kappa shape index (κ2) is 8.19. The minimum absolute atomic E-state index is 0.242. The molecule has 1 N–H and O–H groups in total. The lowest BCUT2D eigenvalue weighted by Gasteiger charge is -2.08. The normalized spacial score (nSPS) is 10.3. The van der Waals surface area contributed by atoms with Crippen molar-refractivity contribution in [3.05, 3.63) is 95.9 Å². The highest BCUT2D eigenvalue weighted by Gasteiger charge is 2.09. The van der Waals surface area contributed by atoms with E-state index in [4.69, 9.17) is 10.00 Å². The van der Waals surface area contributed by atoms with Crippen LogP contribution >= 0.6 is 0 Å². The van der Waals surface area contributed by atoms with Gasteiger partial charge in [-0.15, -0.1) is 0 Å². The van der Waals surface area contributed by atoms with E-state index in [1.165, 1.54) is 0 Å². The molecule has 1 amide bonds. The van der Waals surface area contributed by atoms with Crippen molar-refractivity contribution in [3.8, 4) is 17.6 Å². The number of fused-ring (bicyclic) bond motifs is 1. The maximum atomic E-state index is 12.4. The summed E-state index contributed by atoms with van der Waals surface area (Å²) in [5, 5.41) is 12.6. The Kier molecular flexibility index (Phi) is 5.12. The smallest absolute Gasteiger partial charge is 0.270 e. The summed E-state index contributed by atoms with van der Waals surface area (Å²) >= 11 is 0. The maximum absolute atomic E-state index is 12.4. The van der Waals surface area contributed by atoms with Crippen molar-refractivity contribution in [2.45, 2.75) is 6.54 Å². The first-order chi connectivity index (χ1) is 14.2. The van der Waals surface area contributed by atoms with Gasteiger partial charge in [0.2, 0.25) is 0 Å². The van der Waals surface area contributed by atoms with Crippen LogP contribution in [0.15, 0.2) is 79.1 Å². The van der Waals surface area contributed by atoms with Gasteiger partial charge < -0.3 is 10.1 Å². The monoisotopic (exact) mass is 380 g/mol. The number of amides is 1. The molecule has 2 aromatic heterocycles. The first-order valence-corrected chi connectivity index (χ1v) is 8.97. The summed E-state index contributed by atoms with van der Waals surface area (Å²) in [6, 6.07) is 21.7. The molecule has 0 atom stereocenters. The Morgan fingerprint density at radius 2 is 1.86 bits per heavy atom. The van der Waals surface area contributed by atoms with E-state index in [0.29, 0.717) is 34.8 Å². The zero-order valence-corrected chi connectivity index (χ0v) is 15.4. The lowest BCUT2D eigenvalue weighted by molar-refractivity contribution is 0.0946. The Morgan fingerprint density at radius 1 is 1.03 bits per heavy atom. The van der Waals surface area contributed by atoms with Crippen LogP contribution in [0.5, 0.6) is 11.5 Å². The van der Waals surface area contributed by atoms with Gasteiger partial charge in [-0.25, -0.2) is 4.98 Å². The van der Waals surface area contributed by atoms with E-state index in [0.717, 1.165) is 10.9 Å². The molecule has 0 spiro atoms. The number of hydrogen-bond acceptors (Lipinski definition) is 5. The molecule has 29 heavy (non-hydrogen) atoms. The van der Waals surface area contributed by atoms with Crippen LogP contribution in [-0.2, 0) is 6.54 Å². The largest absolute Gasteiger partial charge is 0.457 e. The second-order valence-electron chi connectivity index (χ2n) is 6.33. The van der Waals surface area contributed by atoms with Gasteiger partial charge in [-0.2, -0.15) is 5.26 Å². The SMILES string of the molecule is N#Cc1ccc(Oc2ccc3nc(C(=O)NCc4cccnc4)ccc3c2)cc1. The third kappa shape index (κ3) is 4.37. The van der Waals surface area contributed by atoms with Crippen molar-refractivity contribution in [2.75, 3.05) is 0 Å². The first-order valence-electron chi connectivity index (χ1n) is 8.97. The number of rotatable bonds is 5. The molecule has 0 radical (unpaired) electrons. The number of carbonyl (C=O) groups is 1. The summed E-state index contributed by atoms with van der Waals surface area (Å²) in [7, 11) is 0. The third-order valence-corrected chi connectivity index (χ3v) is 4.29. The molecule has 4 rings (SSSR count). The van der Waals surface area contributed by atoms with Crippen LogP contribution in [0.25, 0.3) is 10.9 Å². The highest BCUT2D eigenvalue weighted by Crippen LogP contribution is 2.25. The Morgan fingerprint density at radius 3 is 2.62 bits per heavy atom. The molecule has 0 aliphatic rings. The molecule has 0 saturated carbocycles. The lowest BCUT2D eigenvalue weighted by atomic mass is 10.2. The van der Waals surface area contributed by atoms with E-state index in [1.807, 2.05) is 30.3 Å². The zero-order chi connectivity index (χ0) is 20.1. The number of nitrogens with zero attached hydrogens (tertiary/aromatic N) is 3. The Balaban J connectivity index is 1.47. The van der Waals surface area contributed by atoms with Crippen LogP contribution < -0.4 is 10.1 Å². The molecule has 6 heteroatoms. The number of carbonyl (C=O) groups excluding carboxylic acids is 1. The van der Waals surface area contributed by atoms with Gasteiger partial charge in [0.1, 0.15) is 17.2 Å². The predicted octanol–water partition coefficient (Wildman–Crippen LogP) is 4.22. The number of nitriles is 1. The van der Waals surface area contributed by atoms with Crippen LogP contribution in [-0.4, -0.2) is 15.9 Å². The highest BCUT2D eigenvalue weighted by molar-refractivity contribution is 5.95. The minimum Gasteiger partial charge on any atom is -0.457 e. The molecule has 0 bridgehead atoms. The quantitative estimate of drug-likeness (QED) is 0.560. The van der Waals surface area contributed by atoms with Crippen molar-refractivity contribution in [1.29, 1.82) is 5.26 Å². The molecule has 0 aliphatic carbocycles. The number of aromatic nitrogens is 2. The van der Waals surface area contributed by atoms with Crippen molar-refractivity contribution in [1.82, 2.24) is 15.3 Å². The summed E-state index contributed by atoms with van der Waals surface area (Å²) < 4.78 is 5.83. The van der Waals surface area contributed by atoms with E-state index < -0.39 is 0 Å². The molecule has 0 fully saturated rings. The summed E-state index contributed by atoms with van der Waals surface area (Å²) in [5.41, 5.74) is 2.55. The number of nitrogens with one attached hydrogen (secondary N) is 1. The summed E-state index contributed by atoms with van der Waals surface area (Å²) in [6.45, 7) is 0.393. The standard InChI is InChI=1S/C23H16N4O2/c24-13-16-3-6-19(7-4-16)29-20-8-10-21-18(12-20)5-9-22(27-21)23(28)26-15-17-2-1-11-25-14-17/h1-12,14H,15H2,(H,26,28). The molecule has 140 valence electrons. The Labute approximate surface area is 167 Å². The average molecular weight is 380 g/mol. The molecule has 6 nitrogen and oxygen atoms in total. The predicted molar refractivity (Wildman–Crippen MR) is 108 cm³/mol. The number of benzene rings is 2. The van der Waals surface area contributed by atoms with E-state index in [9.17, 15) is 4.79 Å². The van der Waals surface area contributed by atoms with Gasteiger partial charge in [-0.3, -0.25) is 9.78 Å². The fourth-order valence-corrected chi connectivity index (χ4v) is 2.80. The summed E-state index contributed by atoms with van der Waals surface area (Å²) in [5.74, 6) is 1.05. The topological polar surface area (TPSA) is 87.9 Å². The lowest BCUT2D eigenvalue weighted by Crippen LogP contribution is -2.23. The first kappa shape index (κ1) is 18.1. The van der Waals surface area contributed by atoms with Gasteiger partial charge in [0, 0.05) is 24.3 Å². The third-order valence-electron chi connectivity index (χ3n) is 4.29. The average Bonchev–Trinajstić information content (AvgIpc) is 2.78. The summed E-state index contributed by atoms with van der Waals surface area (Å²) in [6.07, 6.45) is 3.40. The minimum atomic E-state index is -0.242. The van der Waals surface area contributed by atoms with Crippen LogP contribution in [0, 0.1) is 11.3 Å². The molecule has 0 aliphatic heterocycles. The van der Waals surface area contributed by atoms with Crippen molar-refractivity contribution >= 4 is 16.8 Å². The van der Waals surface area contributed by atoms with Gasteiger partial charge in [-0.1, -0.05) is 12.1 Å². The van der Waals surface area contributed by atoms with Crippen molar-refractivity contribution in [3.63, 3.8) is 0 Å². The van der Waals surface area contributed by atoms with Crippen molar-refractivity contribution in [2.24, 2.45) is 0 Å². The Bertz CT molecular complexity index is 1200. The molecule has 4 aromatic rings. The van der Waals surface area contributed by atoms with E-state index in [2.05, 4.69) is 21.4 Å². The molecular weight excluding hydrogens is 364 g/mol. The highest BCUT2D eigenvalue weighted by atomic mass is 16.5. The molecule has 0 unspecified atom stereocenters. The number of ether oxygens (including phenoxy) is 1. The van der Waals surface area contributed by atoms with Crippen LogP contribution in [0.1, 0.15) is 21.6 Å². The van der Waals surface area contributed by atoms with E-state index >= 15 is 0 Å². The van der Waals surface area contributed by atoms with Crippen molar-refractivity contribution < 1.29 is 9.53 Å². The Hall–Kier alpha value is -4.24. The maximum Gasteiger partial charge on any atom is 0.270 e. The summed E-state index contributed by atoms with van der Waals surface area (Å²) in [4.78, 5) is 20.8. The van der Waals surface area contributed by atoms with Gasteiger partial charge in [0.15, 0.2) is 0 Å². The molecule has 2 aromatic carbocycles. The number of hydrogen-bond donors (Lipinski definition) is 1. The fraction of sp³-hybridized carbons (Fsp3) is 0.0435. The fourth-order valence-electron chi connectivity index (χ4n) is 2.80. The van der Waals surface area contributed by atoms with Gasteiger partial charge in [0.25, 0.3) is 5.91 Å². The molecular formula is C23H16N4O2. The van der Waals surface area contributed by atoms with Crippen LogP contribution in [0.2, 0.25) is 0 Å².